The van der Waals surface area contributed by atoms with Crippen LogP contribution >= 0.6 is 0 Å². The Labute approximate surface area is 201 Å². The molecular formula is C22H28F3N5O4S. The molecule has 2 amide bonds. The van der Waals surface area contributed by atoms with E-state index in [0.29, 0.717) is 38.5 Å². The van der Waals surface area contributed by atoms with Gasteiger partial charge < -0.3 is 16.0 Å². The van der Waals surface area contributed by atoms with E-state index in [1.54, 1.807) is 0 Å². The lowest BCUT2D eigenvalue weighted by Gasteiger charge is -2.47. The van der Waals surface area contributed by atoms with Crippen molar-refractivity contribution in [3.63, 3.8) is 0 Å². The fraction of sp³-hybridized carbons (Fsp3) is 0.727. The third kappa shape index (κ3) is 4.47. The molecule has 4 saturated carbocycles. The van der Waals surface area contributed by atoms with Crippen molar-refractivity contribution < 1.29 is 31.2 Å². The Hall–Kier alpha value is -2.44. The van der Waals surface area contributed by atoms with Crippen LogP contribution < -0.4 is 11.1 Å². The lowest BCUT2D eigenvalue weighted by Crippen LogP contribution is -2.48. The highest BCUT2D eigenvalue weighted by molar-refractivity contribution is 7.91. The molecule has 6 rings (SSSR count). The zero-order valence-corrected chi connectivity index (χ0v) is 19.9. The van der Waals surface area contributed by atoms with E-state index >= 15 is 0 Å². The van der Waals surface area contributed by atoms with Crippen molar-refractivity contribution in [2.24, 2.45) is 23.0 Å². The summed E-state index contributed by atoms with van der Waals surface area (Å²) in [4.78, 5) is 34.0. The SMILES string of the molecule is NC(=O)C12CCC3(Nc4ncc(C(=O)N5CCS(=O)(=O)CC5)c(C(F)(F)F)n4)CC(CC(C3)C1)C2. The van der Waals surface area contributed by atoms with Gasteiger partial charge in [-0.05, 0) is 56.8 Å². The second-order valence-corrected chi connectivity index (χ2v) is 13.0. The van der Waals surface area contributed by atoms with Gasteiger partial charge in [0.25, 0.3) is 5.91 Å². The van der Waals surface area contributed by atoms with E-state index in [0.717, 1.165) is 17.5 Å². The lowest BCUT2D eigenvalue weighted by molar-refractivity contribution is -0.141. The third-order valence-corrected chi connectivity index (χ3v) is 9.89. The summed E-state index contributed by atoms with van der Waals surface area (Å²) in [5.41, 5.74) is 2.64. The zero-order chi connectivity index (χ0) is 25.2. The average Bonchev–Trinajstić information content (AvgIpc) is 2.94. The van der Waals surface area contributed by atoms with Gasteiger partial charge in [0.1, 0.15) is 0 Å². The number of primary amides is 1. The Morgan fingerprint density at radius 3 is 2.29 bits per heavy atom. The fourth-order valence-electron chi connectivity index (χ4n) is 6.84. The number of nitrogens with one attached hydrogen (secondary N) is 1. The van der Waals surface area contributed by atoms with Crippen LogP contribution in [0.1, 0.15) is 61.0 Å². The molecule has 4 bridgehead atoms. The van der Waals surface area contributed by atoms with Gasteiger partial charge in [-0.15, -0.1) is 0 Å². The summed E-state index contributed by atoms with van der Waals surface area (Å²) < 4.78 is 65.1. The summed E-state index contributed by atoms with van der Waals surface area (Å²) in [6.07, 6.45) is 0.915. The maximum atomic E-state index is 13.9. The van der Waals surface area contributed by atoms with Crippen LogP contribution in [0.15, 0.2) is 6.20 Å². The number of alkyl halides is 3. The molecule has 192 valence electrons. The predicted molar refractivity (Wildman–Crippen MR) is 119 cm³/mol. The van der Waals surface area contributed by atoms with E-state index in [1.165, 1.54) is 0 Å². The van der Waals surface area contributed by atoms with Gasteiger partial charge in [-0.2, -0.15) is 13.2 Å². The van der Waals surface area contributed by atoms with Crippen LogP contribution in [-0.2, 0) is 20.8 Å². The molecule has 0 aromatic carbocycles. The van der Waals surface area contributed by atoms with Crippen LogP contribution in [0.2, 0.25) is 0 Å². The summed E-state index contributed by atoms with van der Waals surface area (Å²) in [5, 5.41) is 3.17. The number of sulfone groups is 1. The minimum absolute atomic E-state index is 0.175. The average molecular weight is 516 g/mol. The van der Waals surface area contributed by atoms with Crippen molar-refractivity contribution in [2.75, 3.05) is 29.9 Å². The number of carbonyl (C=O) groups excluding carboxylic acids is 2. The molecule has 3 N–H and O–H groups in total. The number of fused-ring (bicyclic) bond motifs is 1. The highest BCUT2D eigenvalue weighted by Crippen LogP contribution is 2.59. The van der Waals surface area contributed by atoms with Crippen LogP contribution in [0.3, 0.4) is 0 Å². The van der Waals surface area contributed by atoms with Gasteiger partial charge in [0.05, 0.1) is 17.1 Å². The van der Waals surface area contributed by atoms with Crippen molar-refractivity contribution in [1.29, 1.82) is 0 Å². The Bertz CT molecular complexity index is 1140. The quantitative estimate of drug-likeness (QED) is 0.626. The first-order chi connectivity index (χ1) is 16.3. The Kier molecular flexibility index (Phi) is 5.57. The van der Waals surface area contributed by atoms with Gasteiger partial charge in [0, 0.05) is 30.2 Å². The number of halogens is 3. The number of amides is 2. The summed E-state index contributed by atoms with van der Waals surface area (Å²) in [7, 11) is -3.30. The molecule has 13 heteroatoms. The number of rotatable bonds is 4. The molecule has 2 heterocycles. The topological polar surface area (TPSA) is 135 Å². The molecule has 1 saturated heterocycles. The van der Waals surface area contributed by atoms with E-state index < -0.39 is 44.1 Å². The monoisotopic (exact) mass is 515 g/mol. The number of hydrogen-bond acceptors (Lipinski definition) is 7. The molecule has 1 aromatic heterocycles. The molecule has 2 atom stereocenters. The number of hydrogen-bond donors (Lipinski definition) is 2. The third-order valence-electron chi connectivity index (χ3n) is 8.29. The molecular weight excluding hydrogens is 487 g/mol. The first-order valence-electron chi connectivity index (χ1n) is 11.8. The zero-order valence-electron chi connectivity index (χ0n) is 19.1. The number of nitrogens with two attached hydrogens (primary N) is 1. The van der Waals surface area contributed by atoms with Gasteiger partial charge in [-0.1, -0.05) is 0 Å². The van der Waals surface area contributed by atoms with Crippen molar-refractivity contribution in [2.45, 2.75) is 56.7 Å². The second-order valence-electron chi connectivity index (χ2n) is 10.7. The van der Waals surface area contributed by atoms with Gasteiger partial charge in [-0.25, -0.2) is 18.4 Å². The minimum atomic E-state index is -4.90. The Morgan fingerprint density at radius 1 is 1.09 bits per heavy atom. The van der Waals surface area contributed by atoms with E-state index in [9.17, 15) is 31.2 Å². The van der Waals surface area contributed by atoms with Crippen LogP contribution in [0.25, 0.3) is 0 Å². The minimum Gasteiger partial charge on any atom is -0.369 e. The highest BCUT2D eigenvalue weighted by atomic mass is 32.2. The van der Waals surface area contributed by atoms with Crippen molar-refractivity contribution in [3.8, 4) is 0 Å². The summed E-state index contributed by atoms with van der Waals surface area (Å²) in [6.45, 7) is -0.349. The van der Waals surface area contributed by atoms with Crippen LogP contribution in [0, 0.1) is 17.3 Å². The summed E-state index contributed by atoms with van der Waals surface area (Å²) >= 11 is 0. The molecule has 4 aliphatic carbocycles. The molecule has 5 aliphatic rings. The van der Waals surface area contributed by atoms with Crippen LogP contribution in [0.4, 0.5) is 19.1 Å². The molecule has 1 aliphatic heterocycles. The number of anilines is 1. The maximum Gasteiger partial charge on any atom is 0.434 e. The molecule has 0 spiro atoms. The van der Waals surface area contributed by atoms with Crippen LogP contribution in [-0.4, -0.2) is 65.2 Å². The normalized spacial score (nSPS) is 33.9. The number of nitrogens with zero attached hydrogens (tertiary/aromatic N) is 3. The number of aromatic nitrogens is 2. The smallest absolute Gasteiger partial charge is 0.369 e. The first kappa shape index (κ1) is 24.3. The van der Waals surface area contributed by atoms with Crippen LogP contribution in [0.5, 0.6) is 0 Å². The van der Waals surface area contributed by atoms with Gasteiger partial charge in [0.2, 0.25) is 11.9 Å². The molecule has 2 unspecified atom stereocenters. The molecule has 35 heavy (non-hydrogen) atoms. The lowest BCUT2D eigenvalue weighted by atomic mass is 9.60. The summed E-state index contributed by atoms with van der Waals surface area (Å²) in [6, 6.07) is 0. The number of carbonyl (C=O) groups is 2. The first-order valence-corrected chi connectivity index (χ1v) is 13.6. The van der Waals surface area contributed by atoms with Crippen molar-refractivity contribution >= 4 is 27.6 Å². The Balaban J connectivity index is 1.42. The molecule has 5 fully saturated rings. The van der Waals surface area contributed by atoms with Gasteiger partial charge in [-0.3, -0.25) is 9.59 Å². The molecule has 0 radical (unpaired) electrons. The second kappa shape index (κ2) is 8.04. The van der Waals surface area contributed by atoms with Crippen molar-refractivity contribution in [3.05, 3.63) is 17.5 Å². The van der Waals surface area contributed by atoms with E-state index in [2.05, 4.69) is 15.3 Å². The summed E-state index contributed by atoms with van der Waals surface area (Å²) in [5.74, 6) is -1.52. The van der Waals surface area contributed by atoms with Gasteiger partial charge in [0.15, 0.2) is 15.5 Å². The fourth-order valence-corrected chi connectivity index (χ4v) is 8.04. The molecule has 9 nitrogen and oxygen atoms in total. The van der Waals surface area contributed by atoms with E-state index in [4.69, 9.17) is 5.73 Å². The molecule has 1 aromatic rings. The van der Waals surface area contributed by atoms with E-state index in [1.807, 2.05) is 0 Å². The van der Waals surface area contributed by atoms with Crippen molar-refractivity contribution in [1.82, 2.24) is 14.9 Å². The Morgan fingerprint density at radius 2 is 1.71 bits per heavy atom. The predicted octanol–water partition coefficient (Wildman–Crippen LogP) is 1.99. The largest absolute Gasteiger partial charge is 0.434 e. The maximum absolute atomic E-state index is 13.9. The standard InChI is InChI=1S/C22H28F3N5O4S/c23-22(24,25)16-15(17(31)30-3-5-35(33,34)6-4-30)12-27-19(28-16)29-21-2-1-20(18(26)32)8-13(10-21)7-14(9-20)11-21/h12-14H,1-11H2,(H2,26,32)(H,27,28,29). The van der Waals surface area contributed by atoms with Gasteiger partial charge >= 0.3 is 6.18 Å². The highest BCUT2D eigenvalue weighted by Gasteiger charge is 2.56. The van der Waals surface area contributed by atoms with E-state index in [-0.39, 0.29) is 48.3 Å².